The van der Waals surface area contributed by atoms with Gasteiger partial charge in [0.15, 0.2) is 5.78 Å². The standard InChI is InChI=1S/C19H15Cl2N3OS/c20-14-2-1-12(7-15(14)21)17(25)10-26-19-13(9-22)8-16-18(23-19)11-3-5-24(16)6-4-11/h1-2,7-8,11H,3-6,10H2. The number of nitrogens with zero attached hydrogens (tertiary/aromatic N) is 3. The van der Waals surface area contributed by atoms with Crippen LogP contribution in [0.4, 0.5) is 5.69 Å². The highest BCUT2D eigenvalue weighted by Crippen LogP contribution is 2.42. The van der Waals surface area contributed by atoms with Crippen molar-refractivity contribution in [3.05, 3.63) is 51.1 Å². The molecule has 0 amide bonds. The van der Waals surface area contributed by atoms with Crippen molar-refractivity contribution < 1.29 is 4.79 Å². The van der Waals surface area contributed by atoms with Gasteiger partial charge in [-0.05, 0) is 37.1 Å². The molecule has 0 unspecified atom stereocenters. The van der Waals surface area contributed by atoms with Gasteiger partial charge in [-0.15, -0.1) is 0 Å². The number of hydrogen-bond acceptors (Lipinski definition) is 5. The van der Waals surface area contributed by atoms with E-state index < -0.39 is 0 Å². The number of carbonyl (C=O) groups excluding carboxylic acids is 1. The lowest BCUT2D eigenvalue weighted by atomic mass is 9.86. The molecule has 0 N–H and O–H groups in total. The first-order valence-electron chi connectivity index (χ1n) is 8.38. The molecular weight excluding hydrogens is 389 g/mol. The zero-order chi connectivity index (χ0) is 18.3. The average molecular weight is 404 g/mol. The quantitative estimate of drug-likeness (QED) is 0.534. The third kappa shape index (κ3) is 3.18. The molecule has 2 bridgehead atoms. The average Bonchev–Trinajstić information content (AvgIpc) is 2.68. The first-order chi connectivity index (χ1) is 12.6. The van der Waals surface area contributed by atoms with Crippen molar-refractivity contribution in [2.45, 2.75) is 23.8 Å². The third-order valence-electron chi connectivity index (χ3n) is 4.92. The van der Waals surface area contributed by atoms with Crippen molar-refractivity contribution in [1.29, 1.82) is 5.26 Å². The lowest BCUT2D eigenvalue weighted by molar-refractivity contribution is 0.102. The molecule has 1 aromatic carbocycles. The van der Waals surface area contributed by atoms with Gasteiger partial charge in [0.2, 0.25) is 0 Å². The van der Waals surface area contributed by atoms with Crippen molar-refractivity contribution >= 4 is 46.4 Å². The van der Waals surface area contributed by atoms with E-state index in [2.05, 4.69) is 11.0 Å². The summed E-state index contributed by atoms with van der Waals surface area (Å²) in [6.07, 6.45) is 2.22. The second kappa shape index (κ2) is 7.11. The number of piperidine rings is 1. The van der Waals surface area contributed by atoms with Gasteiger partial charge in [-0.3, -0.25) is 4.79 Å². The van der Waals surface area contributed by atoms with Gasteiger partial charge in [0.1, 0.15) is 11.1 Å². The molecule has 132 valence electrons. The van der Waals surface area contributed by atoms with Crippen molar-refractivity contribution in [2.75, 3.05) is 23.7 Å². The minimum absolute atomic E-state index is 0.0674. The molecule has 26 heavy (non-hydrogen) atoms. The van der Waals surface area contributed by atoms with Gasteiger partial charge in [-0.2, -0.15) is 5.26 Å². The summed E-state index contributed by atoms with van der Waals surface area (Å²) in [5, 5.41) is 10.9. The Kier molecular flexibility index (Phi) is 4.83. The minimum Gasteiger partial charge on any atom is -0.370 e. The Labute approximate surface area is 166 Å². The largest absolute Gasteiger partial charge is 0.370 e. The SMILES string of the molecule is N#Cc1cc2c(nc1SCC(=O)c1ccc(Cl)c(Cl)c1)C1CCN2CC1. The van der Waals surface area contributed by atoms with Gasteiger partial charge < -0.3 is 4.90 Å². The van der Waals surface area contributed by atoms with Crippen LogP contribution in [0.15, 0.2) is 29.3 Å². The Morgan fingerprint density at radius 3 is 2.73 bits per heavy atom. The summed E-state index contributed by atoms with van der Waals surface area (Å²) in [5.41, 5.74) is 3.20. The molecule has 7 heteroatoms. The smallest absolute Gasteiger partial charge is 0.173 e. The van der Waals surface area contributed by atoms with Crippen LogP contribution >= 0.6 is 35.0 Å². The number of hydrogen-bond donors (Lipinski definition) is 0. The number of halogens is 2. The maximum atomic E-state index is 12.5. The maximum absolute atomic E-state index is 12.5. The molecule has 1 aromatic heterocycles. The molecule has 4 heterocycles. The van der Waals surface area contributed by atoms with E-state index in [-0.39, 0.29) is 11.5 Å². The molecule has 3 aliphatic rings. The second-order valence-electron chi connectivity index (χ2n) is 6.46. The van der Waals surface area contributed by atoms with Crippen LogP contribution in [-0.2, 0) is 0 Å². The fourth-order valence-electron chi connectivity index (χ4n) is 3.52. The fourth-order valence-corrected chi connectivity index (χ4v) is 4.68. The number of thioether (sulfide) groups is 1. The molecule has 3 aliphatic heterocycles. The van der Waals surface area contributed by atoms with Crippen LogP contribution in [0, 0.1) is 11.3 Å². The lowest BCUT2D eigenvalue weighted by Gasteiger charge is -2.41. The normalized spacial score (nSPS) is 15.7. The van der Waals surface area contributed by atoms with Crippen LogP contribution in [0.1, 0.15) is 40.4 Å². The monoisotopic (exact) mass is 403 g/mol. The topological polar surface area (TPSA) is 57.0 Å². The summed E-state index contributed by atoms with van der Waals surface area (Å²) >= 11 is 13.2. The maximum Gasteiger partial charge on any atom is 0.173 e. The highest BCUT2D eigenvalue weighted by atomic mass is 35.5. The van der Waals surface area contributed by atoms with Crippen molar-refractivity contribution in [3.63, 3.8) is 0 Å². The Morgan fingerprint density at radius 1 is 1.27 bits per heavy atom. The van der Waals surface area contributed by atoms with Crippen LogP contribution < -0.4 is 4.90 Å². The van der Waals surface area contributed by atoms with Crippen molar-refractivity contribution in [2.24, 2.45) is 0 Å². The van der Waals surface area contributed by atoms with Crippen LogP contribution in [0.3, 0.4) is 0 Å². The fraction of sp³-hybridized carbons (Fsp3) is 0.316. The van der Waals surface area contributed by atoms with Crippen LogP contribution in [0.2, 0.25) is 10.0 Å². The summed E-state index contributed by atoms with van der Waals surface area (Å²) < 4.78 is 0. The van der Waals surface area contributed by atoms with Gasteiger partial charge in [-0.25, -0.2) is 4.98 Å². The van der Waals surface area contributed by atoms with Gasteiger partial charge in [-0.1, -0.05) is 35.0 Å². The highest BCUT2D eigenvalue weighted by Gasteiger charge is 2.33. The number of fused-ring (bicyclic) bond motifs is 2. The number of Topliss-reactive ketones (excluding diaryl/α,β-unsaturated/α-hetero) is 1. The van der Waals surface area contributed by atoms with E-state index >= 15 is 0 Å². The summed E-state index contributed by atoms with van der Waals surface area (Å²) in [4.78, 5) is 19.5. The Balaban J connectivity index is 1.56. The molecule has 0 spiro atoms. The summed E-state index contributed by atoms with van der Waals surface area (Å²) in [7, 11) is 0. The molecule has 1 fully saturated rings. The first kappa shape index (κ1) is 17.7. The minimum atomic E-state index is -0.0674. The van der Waals surface area contributed by atoms with E-state index in [4.69, 9.17) is 28.2 Å². The predicted octanol–water partition coefficient (Wildman–Crippen LogP) is 4.93. The van der Waals surface area contributed by atoms with E-state index in [1.807, 2.05) is 6.07 Å². The van der Waals surface area contributed by atoms with Crippen LogP contribution in [0.25, 0.3) is 0 Å². The summed E-state index contributed by atoms with van der Waals surface area (Å²) in [5.74, 6) is 0.599. The van der Waals surface area contributed by atoms with E-state index in [1.54, 1.807) is 18.2 Å². The molecule has 0 saturated carbocycles. The van der Waals surface area contributed by atoms with Gasteiger partial charge in [0.25, 0.3) is 0 Å². The van der Waals surface area contributed by atoms with E-state index in [1.165, 1.54) is 11.8 Å². The number of benzene rings is 1. The number of pyridine rings is 1. The zero-order valence-corrected chi connectivity index (χ0v) is 16.2. The molecular formula is C19H15Cl2N3OS. The zero-order valence-electron chi connectivity index (χ0n) is 13.8. The number of aromatic nitrogens is 1. The van der Waals surface area contributed by atoms with Crippen LogP contribution in [0.5, 0.6) is 0 Å². The number of carbonyl (C=O) groups is 1. The Hall–Kier alpha value is -1.74. The van der Waals surface area contributed by atoms with E-state index in [9.17, 15) is 10.1 Å². The van der Waals surface area contributed by atoms with Gasteiger partial charge >= 0.3 is 0 Å². The van der Waals surface area contributed by atoms with Crippen molar-refractivity contribution in [3.8, 4) is 6.07 Å². The lowest BCUT2D eigenvalue weighted by Crippen LogP contribution is -2.39. The first-order valence-corrected chi connectivity index (χ1v) is 10.1. The molecule has 4 nitrogen and oxygen atoms in total. The van der Waals surface area contributed by atoms with E-state index in [0.717, 1.165) is 37.3 Å². The van der Waals surface area contributed by atoms with Crippen molar-refractivity contribution in [1.82, 2.24) is 4.98 Å². The number of ketones is 1. The van der Waals surface area contributed by atoms with E-state index in [0.29, 0.717) is 32.1 Å². The molecule has 0 atom stereocenters. The van der Waals surface area contributed by atoms with Gasteiger partial charge in [0.05, 0.1) is 32.7 Å². The number of nitriles is 1. The molecule has 0 aliphatic carbocycles. The molecule has 1 saturated heterocycles. The van der Waals surface area contributed by atoms with Crippen LogP contribution in [-0.4, -0.2) is 29.6 Å². The predicted molar refractivity (Wildman–Crippen MR) is 105 cm³/mol. The third-order valence-corrected chi connectivity index (χ3v) is 6.65. The summed E-state index contributed by atoms with van der Waals surface area (Å²) in [6, 6.07) is 9.01. The second-order valence-corrected chi connectivity index (χ2v) is 8.24. The Morgan fingerprint density at radius 2 is 2.04 bits per heavy atom. The number of anilines is 1. The molecule has 2 aromatic rings. The van der Waals surface area contributed by atoms with Gasteiger partial charge in [0, 0.05) is 24.6 Å². The number of rotatable bonds is 4. The highest BCUT2D eigenvalue weighted by molar-refractivity contribution is 8.00. The Bertz CT molecular complexity index is 933. The molecule has 0 radical (unpaired) electrons. The molecule has 5 rings (SSSR count). The summed E-state index contributed by atoms with van der Waals surface area (Å²) in [6.45, 7) is 2.07.